The van der Waals surface area contributed by atoms with Crippen molar-refractivity contribution in [2.24, 2.45) is 5.41 Å². The number of hydrogen-bond acceptors (Lipinski definition) is 5. The van der Waals surface area contributed by atoms with Gasteiger partial charge >= 0.3 is 5.97 Å². The van der Waals surface area contributed by atoms with E-state index in [-0.39, 0.29) is 24.6 Å². The van der Waals surface area contributed by atoms with E-state index in [2.05, 4.69) is 10.4 Å². The van der Waals surface area contributed by atoms with E-state index in [9.17, 15) is 19.8 Å². The number of nitrogens with one attached hydrogen (secondary N) is 1. The third-order valence-electron chi connectivity index (χ3n) is 6.27. The molecule has 9 heteroatoms. The third-order valence-corrected chi connectivity index (χ3v) is 6.59. The molecule has 1 amide bonds. The van der Waals surface area contributed by atoms with E-state index in [4.69, 9.17) is 16.3 Å². The molecule has 2 unspecified atom stereocenters. The van der Waals surface area contributed by atoms with Gasteiger partial charge in [0, 0.05) is 6.07 Å². The normalized spacial score (nSPS) is 14.1. The van der Waals surface area contributed by atoms with Gasteiger partial charge in [0.15, 0.2) is 5.69 Å². The second-order valence-electron chi connectivity index (χ2n) is 10.1. The molecule has 0 aliphatic carbocycles. The number of rotatable bonds is 9. The topological polar surface area (TPSA) is 114 Å². The number of carboxylic acids is 1. The average Bonchev–Trinajstić information content (AvgIpc) is 3.21. The summed E-state index contributed by atoms with van der Waals surface area (Å²) in [6.45, 7) is 9.23. The Balaban J connectivity index is 1.95. The standard InChI is InChI=1S/C27H32ClN3O5/c1-17-10-12-18(13-11-17)20(15-24(32)33)29-25(34)21-14-23(36-16-27(5,35)26(2,3)4)31(30-21)22-9-7-6-8-19(22)28/h6-14,20,35H,15-16H2,1-5H3,(H,29,34)(H,32,33). The maximum Gasteiger partial charge on any atom is 0.305 e. The van der Waals surface area contributed by atoms with Crippen molar-refractivity contribution >= 4 is 23.5 Å². The van der Waals surface area contributed by atoms with Crippen LogP contribution in [0.2, 0.25) is 5.02 Å². The Morgan fingerprint density at radius 2 is 1.75 bits per heavy atom. The summed E-state index contributed by atoms with van der Waals surface area (Å²) in [6, 6.07) is 14.9. The van der Waals surface area contributed by atoms with Crippen molar-refractivity contribution in [3.8, 4) is 11.6 Å². The number of hydrogen-bond donors (Lipinski definition) is 3. The molecule has 0 bridgehead atoms. The molecular formula is C27H32ClN3O5. The van der Waals surface area contributed by atoms with Crippen LogP contribution in [-0.4, -0.2) is 44.1 Å². The Hall–Kier alpha value is -3.36. The quantitative estimate of drug-likeness (QED) is 0.373. The Labute approximate surface area is 215 Å². The van der Waals surface area contributed by atoms with Crippen molar-refractivity contribution in [3.05, 3.63) is 76.4 Å². The van der Waals surface area contributed by atoms with Gasteiger partial charge in [0.1, 0.15) is 12.2 Å². The van der Waals surface area contributed by atoms with Gasteiger partial charge in [-0.15, -0.1) is 0 Å². The lowest BCUT2D eigenvalue weighted by molar-refractivity contribution is -0.137. The summed E-state index contributed by atoms with van der Waals surface area (Å²) in [7, 11) is 0. The van der Waals surface area contributed by atoms with Gasteiger partial charge < -0.3 is 20.3 Å². The van der Waals surface area contributed by atoms with Gasteiger partial charge in [0.05, 0.1) is 23.2 Å². The first kappa shape index (κ1) is 27.2. The minimum absolute atomic E-state index is 0.0165. The highest BCUT2D eigenvalue weighted by Gasteiger charge is 2.36. The zero-order valence-electron chi connectivity index (χ0n) is 21.1. The third kappa shape index (κ3) is 6.44. The Morgan fingerprint density at radius 1 is 1.11 bits per heavy atom. The molecule has 0 saturated carbocycles. The van der Waals surface area contributed by atoms with Gasteiger partial charge in [-0.2, -0.15) is 9.78 Å². The lowest BCUT2D eigenvalue weighted by Crippen LogP contribution is -2.45. The summed E-state index contributed by atoms with van der Waals surface area (Å²) in [5.41, 5.74) is 0.543. The van der Waals surface area contributed by atoms with Crippen LogP contribution in [0.15, 0.2) is 54.6 Å². The molecule has 3 aromatic rings. The maximum atomic E-state index is 13.2. The molecule has 3 N–H and O–H groups in total. The summed E-state index contributed by atoms with van der Waals surface area (Å²) in [5.74, 6) is -1.40. The van der Waals surface area contributed by atoms with Crippen LogP contribution in [0.1, 0.15) is 61.8 Å². The van der Waals surface area contributed by atoms with Crippen LogP contribution in [0, 0.1) is 12.3 Å². The lowest BCUT2D eigenvalue weighted by atomic mass is 9.78. The molecule has 0 saturated heterocycles. The van der Waals surface area contributed by atoms with Gasteiger partial charge in [-0.05, 0) is 37.0 Å². The molecule has 0 aliphatic heterocycles. The van der Waals surface area contributed by atoms with E-state index < -0.39 is 28.9 Å². The van der Waals surface area contributed by atoms with E-state index in [1.807, 2.05) is 39.8 Å². The first-order valence-corrected chi connectivity index (χ1v) is 12.0. The van der Waals surface area contributed by atoms with Crippen molar-refractivity contribution in [3.63, 3.8) is 0 Å². The van der Waals surface area contributed by atoms with Crippen LogP contribution in [0.4, 0.5) is 0 Å². The number of carboxylic acid groups (broad SMARTS) is 1. The number of carbonyl (C=O) groups is 2. The zero-order valence-corrected chi connectivity index (χ0v) is 21.8. The van der Waals surface area contributed by atoms with Gasteiger partial charge in [-0.25, -0.2) is 0 Å². The van der Waals surface area contributed by atoms with Gasteiger partial charge in [-0.3, -0.25) is 9.59 Å². The van der Waals surface area contributed by atoms with Gasteiger partial charge in [-0.1, -0.05) is 74.3 Å². The number of carbonyl (C=O) groups excluding carboxylic acids is 1. The van der Waals surface area contributed by atoms with E-state index in [0.717, 1.165) is 5.56 Å². The van der Waals surface area contributed by atoms with Gasteiger partial charge in [0.2, 0.25) is 5.88 Å². The fraction of sp³-hybridized carbons (Fsp3) is 0.370. The van der Waals surface area contributed by atoms with Crippen LogP contribution in [0.25, 0.3) is 5.69 Å². The number of aromatic nitrogens is 2. The number of nitrogens with zero attached hydrogens (tertiary/aromatic N) is 2. The largest absolute Gasteiger partial charge is 0.481 e. The Morgan fingerprint density at radius 3 is 2.33 bits per heavy atom. The molecule has 2 aromatic carbocycles. The Kier molecular flexibility index (Phi) is 8.11. The van der Waals surface area contributed by atoms with Crippen molar-refractivity contribution in [2.45, 2.75) is 52.7 Å². The summed E-state index contributed by atoms with van der Waals surface area (Å²) >= 11 is 6.39. The fourth-order valence-corrected chi connectivity index (χ4v) is 3.48. The molecule has 36 heavy (non-hydrogen) atoms. The highest BCUT2D eigenvalue weighted by molar-refractivity contribution is 6.32. The van der Waals surface area contributed by atoms with Crippen molar-refractivity contribution in [1.82, 2.24) is 15.1 Å². The van der Waals surface area contributed by atoms with Crippen LogP contribution in [-0.2, 0) is 4.79 Å². The Bertz CT molecular complexity index is 1230. The maximum absolute atomic E-state index is 13.2. The molecule has 192 valence electrons. The number of amides is 1. The number of aliphatic carboxylic acids is 1. The van der Waals surface area contributed by atoms with Crippen LogP contribution in [0.3, 0.4) is 0 Å². The molecule has 1 aromatic heterocycles. The van der Waals surface area contributed by atoms with Crippen molar-refractivity contribution in [1.29, 1.82) is 0 Å². The molecule has 0 fully saturated rings. The van der Waals surface area contributed by atoms with E-state index >= 15 is 0 Å². The fourth-order valence-electron chi connectivity index (χ4n) is 3.26. The first-order valence-electron chi connectivity index (χ1n) is 11.6. The number of para-hydroxylation sites is 1. The number of ether oxygens (including phenoxy) is 1. The SMILES string of the molecule is Cc1ccc(C(CC(=O)O)NC(=O)c2cc(OCC(C)(O)C(C)(C)C)n(-c3ccccc3Cl)n2)cc1. The first-order chi connectivity index (χ1) is 16.8. The minimum atomic E-state index is -1.18. The zero-order chi connectivity index (χ0) is 26.7. The lowest BCUT2D eigenvalue weighted by Gasteiger charge is -2.36. The van der Waals surface area contributed by atoms with E-state index in [1.54, 1.807) is 43.3 Å². The molecule has 8 nitrogen and oxygen atoms in total. The highest BCUT2D eigenvalue weighted by Crippen LogP contribution is 2.32. The number of aryl methyl sites for hydroxylation is 1. The van der Waals surface area contributed by atoms with E-state index in [0.29, 0.717) is 16.3 Å². The van der Waals surface area contributed by atoms with Crippen molar-refractivity contribution < 1.29 is 24.5 Å². The average molecular weight is 514 g/mol. The molecule has 0 aliphatic rings. The molecule has 0 spiro atoms. The van der Waals surface area contributed by atoms with Crippen LogP contribution >= 0.6 is 11.6 Å². The van der Waals surface area contributed by atoms with Crippen molar-refractivity contribution in [2.75, 3.05) is 6.61 Å². The van der Waals surface area contributed by atoms with Crippen LogP contribution < -0.4 is 10.1 Å². The molecular weight excluding hydrogens is 482 g/mol. The predicted molar refractivity (Wildman–Crippen MR) is 138 cm³/mol. The summed E-state index contributed by atoms with van der Waals surface area (Å²) in [5, 5.41) is 27.8. The molecule has 3 rings (SSSR count). The highest BCUT2D eigenvalue weighted by atomic mass is 35.5. The molecule has 0 radical (unpaired) electrons. The van der Waals surface area contributed by atoms with E-state index in [1.165, 1.54) is 10.7 Å². The number of benzene rings is 2. The second kappa shape index (κ2) is 10.7. The predicted octanol–water partition coefficient (Wildman–Crippen LogP) is 4.96. The monoisotopic (exact) mass is 513 g/mol. The summed E-state index contributed by atoms with van der Waals surface area (Å²) < 4.78 is 7.35. The molecule has 1 heterocycles. The minimum Gasteiger partial charge on any atom is -0.481 e. The number of halogens is 1. The van der Waals surface area contributed by atoms with Gasteiger partial charge in [0.25, 0.3) is 5.91 Å². The number of aliphatic hydroxyl groups is 1. The second-order valence-corrected chi connectivity index (χ2v) is 10.5. The summed E-state index contributed by atoms with van der Waals surface area (Å²) in [4.78, 5) is 24.7. The molecule has 2 atom stereocenters. The smallest absolute Gasteiger partial charge is 0.305 e. The summed E-state index contributed by atoms with van der Waals surface area (Å²) in [6.07, 6.45) is -0.294. The van der Waals surface area contributed by atoms with Crippen LogP contribution in [0.5, 0.6) is 5.88 Å².